The maximum absolute atomic E-state index is 13.2. The summed E-state index contributed by atoms with van der Waals surface area (Å²) in [6, 6.07) is 3.94. The minimum Gasteiger partial charge on any atom is -0.496 e. The number of halogens is 1. The summed E-state index contributed by atoms with van der Waals surface area (Å²) in [6.07, 6.45) is 5.63. The Morgan fingerprint density at radius 3 is 2.60 bits per heavy atom. The molecular formula is C20H20IN7O2. The minimum absolute atomic E-state index is 0.136. The number of rotatable bonds is 3. The first kappa shape index (κ1) is 19.0. The lowest BCUT2D eigenvalue weighted by atomic mass is 10.1. The molecular weight excluding hydrogens is 497 g/mol. The normalized spacial score (nSPS) is 13.9. The Kier molecular flexibility index (Phi) is 4.27. The Hall–Kier alpha value is -3.02. The van der Waals surface area contributed by atoms with Gasteiger partial charge in [-0.25, -0.2) is 7.94 Å². The maximum Gasteiger partial charge on any atom is 0.333 e. The number of benzene rings is 1. The Morgan fingerprint density at radius 1 is 1.17 bits per heavy atom. The fraction of sp³-hybridized carbons (Fsp3) is 0.250. The van der Waals surface area contributed by atoms with Crippen LogP contribution in [-0.2, 0) is 14.1 Å². The van der Waals surface area contributed by atoms with Gasteiger partial charge in [-0.15, -0.1) is 0 Å². The highest BCUT2D eigenvalue weighted by Crippen LogP contribution is 2.38. The van der Waals surface area contributed by atoms with Gasteiger partial charge in [-0.05, 0) is 13.0 Å². The van der Waals surface area contributed by atoms with Gasteiger partial charge in [0.15, 0.2) is 0 Å². The molecule has 0 bridgehead atoms. The van der Waals surface area contributed by atoms with Crippen LogP contribution in [0.25, 0.3) is 33.3 Å². The summed E-state index contributed by atoms with van der Waals surface area (Å²) in [7, 11) is 7.29. The van der Waals surface area contributed by atoms with Gasteiger partial charge in [-0.2, -0.15) is 5.10 Å². The van der Waals surface area contributed by atoms with E-state index in [1.807, 2.05) is 45.5 Å². The molecule has 10 heteroatoms. The molecule has 1 aliphatic rings. The van der Waals surface area contributed by atoms with Gasteiger partial charge >= 0.3 is 5.69 Å². The molecule has 1 aromatic carbocycles. The van der Waals surface area contributed by atoms with E-state index in [-0.39, 0.29) is 5.69 Å². The maximum atomic E-state index is 13.2. The Balaban J connectivity index is 1.93. The van der Waals surface area contributed by atoms with Crippen molar-refractivity contribution >= 4 is 48.9 Å². The zero-order valence-corrected chi connectivity index (χ0v) is 19.4. The van der Waals surface area contributed by atoms with E-state index < -0.39 is 21.3 Å². The van der Waals surface area contributed by atoms with Crippen LogP contribution < -0.4 is 10.4 Å². The van der Waals surface area contributed by atoms with Crippen molar-refractivity contribution in [3.05, 3.63) is 52.5 Å². The van der Waals surface area contributed by atoms with E-state index in [1.165, 1.54) is 0 Å². The van der Waals surface area contributed by atoms with E-state index in [1.54, 1.807) is 34.2 Å². The molecule has 0 fully saturated rings. The van der Waals surface area contributed by atoms with Gasteiger partial charge in [-0.3, -0.25) is 18.8 Å². The van der Waals surface area contributed by atoms with E-state index in [2.05, 4.69) is 13.2 Å². The Morgan fingerprint density at radius 2 is 1.97 bits per heavy atom. The number of ether oxygens (including phenoxy) is 1. The predicted molar refractivity (Wildman–Crippen MR) is 124 cm³/mol. The van der Waals surface area contributed by atoms with Gasteiger partial charge < -0.3 is 7.85 Å². The fourth-order valence-electron chi connectivity index (χ4n) is 3.85. The highest BCUT2D eigenvalue weighted by atomic mass is 127. The van der Waals surface area contributed by atoms with Crippen LogP contribution in [-0.4, -0.2) is 41.2 Å². The highest BCUT2D eigenvalue weighted by molar-refractivity contribution is 14.1. The molecule has 0 unspecified atom stereocenters. The number of methoxy groups -OCH3 is 1. The zero-order chi connectivity index (χ0) is 21.2. The van der Waals surface area contributed by atoms with E-state index in [4.69, 9.17) is 7.88 Å². The third-order valence-corrected chi connectivity index (χ3v) is 6.95. The molecule has 1 aliphatic heterocycles. The third-order valence-electron chi connectivity index (χ3n) is 5.26. The van der Waals surface area contributed by atoms with Crippen LogP contribution in [0.5, 0.6) is 5.75 Å². The minimum atomic E-state index is -0.406. The first-order valence-corrected chi connectivity index (χ1v) is 11.2. The summed E-state index contributed by atoms with van der Waals surface area (Å²) in [5, 5.41) is 5.30. The second-order valence-electron chi connectivity index (χ2n) is 7.21. The van der Waals surface area contributed by atoms with Crippen molar-refractivity contribution in [2.24, 2.45) is 17.2 Å². The number of aromatic nitrogens is 5. The molecule has 0 spiro atoms. The average Bonchev–Trinajstić information content (AvgIpc) is 3.37. The van der Waals surface area contributed by atoms with Crippen molar-refractivity contribution in [3.8, 4) is 11.4 Å². The van der Waals surface area contributed by atoms with Crippen molar-refractivity contribution in [3.63, 3.8) is 0 Å². The smallest absolute Gasteiger partial charge is 0.333 e. The summed E-state index contributed by atoms with van der Waals surface area (Å²) < 4.78 is 17.5. The standard InChI is InChI=1S/C20H20IN7O2/c1-11-17(10-26(3)24-11)28-19-13-6-12(15-9-25(2)21-23-15)18(30-5)7-14(13)22-8-16(19)27(4)20(28)29/h6-10H,1-5H3. The van der Waals surface area contributed by atoms with Gasteiger partial charge in [0.2, 0.25) is 0 Å². The van der Waals surface area contributed by atoms with Gasteiger partial charge in [-0.1, -0.05) is 0 Å². The van der Waals surface area contributed by atoms with Crippen molar-refractivity contribution in [1.82, 2.24) is 27.0 Å². The number of hydrogen-bond acceptors (Lipinski definition) is 6. The topological polar surface area (TPSA) is 82.5 Å². The summed E-state index contributed by atoms with van der Waals surface area (Å²) in [6.45, 7) is 1.90. The SMILES string of the molecule is COc1cc2ncc3c(c2cc1C1=CN(C)I=N1)n(-c1cn(C)nc1C)c(=O)n3C. The largest absolute Gasteiger partial charge is 0.496 e. The van der Waals surface area contributed by atoms with E-state index in [0.717, 1.165) is 44.6 Å². The quantitative estimate of drug-likeness (QED) is 0.308. The number of hydrogen-bond donors (Lipinski definition) is 0. The molecule has 9 nitrogen and oxygen atoms in total. The Bertz CT molecular complexity index is 1460. The van der Waals surface area contributed by atoms with E-state index in [9.17, 15) is 4.79 Å². The van der Waals surface area contributed by atoms with Gasteiger partial charge in [0.05, 0.1) is 46.9 Å². The van der Waals surface area contributed by atoms with Gasteiger partial charge in [0.1, 0.15) is 27.1 Å². The fourth-order valence-corrected chi connectivity index (χ4v) is 5.20. The van der Waals surface area contributed by atoms with Crippen molar-refractivity contribution in [2.45, 2.75) is 6.92 Å². The Labute approximate surface area is 182 Å². The molecule has 0 radical (unpaired) electrons. The van der Waals surface area contributed by atoms with Crippen LogP contribution in [0.2, 0.25) is 0 Å². The lowest BCUT2D eigenvalue weighted by Gasteiger charge is -2.11. The van der Waals surface area contributed by atoms with Crippen LogP contribution in [0.3, 0.4) is 0 Å². The molecule has 4 aromatic rings. The van der Waals surface area contributed by atoms with Crippen LogP contribution in [0, 0.1) is 6.92 Å². The van der Waals surface area contributed by atoms with Gasteiger partial charge in [0, 0.05) is 50.6 Å². The second kappa shape index (κ2) is 6.76. The summed E-state index contributed by atoms with van der Waals surface area (Å²) in [5.74, 6) is 0.714. The zero-order valence-electron chi connectivity index (χ0n) is 17.2. The molecule has 0 amide bonds. The van der Waals surface area contributed by atoms with Crippen molar-refractivity contribution < 1.29 is 4.74 Å². The lowest BCUT2D eigenvalue weighted by molar-refractivity contribution is 0.414. The third kappa shape index (κ3) is 2.70. The molecule has 3 aromatic heterocycles. The van der Waals surface area contributed by atoms with Crippen LogP contribution >= 0.6 is 21.3 Å². The first-order chi connectivity index (χ1) is 14.4. The van der Waals surface area contributed by atoms with Crippen LogP contribution in [0.15, 0.2) is 38.7 Å². The number of nitrogens with zero attached hydrogens (tertiary/aromatic N) is 7. The predicted octanol–water partition coefficient (Wildman–Crippen LogP) is 3.24. The van der Waals surface area contributed by atoms with Gasteiger partial charge in [0.25, 0.3) is 0 Å². The molecule has 5 rings (SSSR count). The molecule has 0 saturated heterocycles. The number of imidazole rings is 1. The van der Waals surface area contributed by atoms with Crippen LogP contribution in [0.4, 0.5) is 0 Å². The molecule has 154 valence electrons. The van der Waals surface area contributed by atoms with Crippen LogP contribution in [0.1, 0.15) is 11.3 Å². The van der Waals surface area contributed by atoms with Crippen molar-refractivity contribution in [2.75, 3.05) is 14.2 Å². The monoisotopic (exact) mass is 517 g/mol. The van der Waals surface area contributed by atoms with Crippen molar-refractivity contribution in [1.29, 1.82) is 0 Å². The molecule has 0 saturated carbocycles. The number of aryl methyl sites for hydroxylation is 3. The second-order valence-corrected chi connectivity index (χ2v) is 9.65. The molecule has 0 N–H and O–H groups in total. The number of fused-ring (bicyclic) bond motifs is 3. The number of pyridine rings is 1. The highest BCUT2D eigenvalue weighted by Gasteiger charge is 2.21. The summed E-state index contributed by atoms with van der Waals surface area (Å²) >= 11 is -0.406. The molecule has 4 heterocycles. The summed E-state index contributed by atoms with van der Waals surface area (Å²) in [5.41, 5.74) is 5.51. The molecule has 0 aliphatic carbocycles. The average molecular weight is 517 g/mol. The summed E-state index contributed by atoms with van der Waals surface area (Å²) in [4.78, 5) is 17.8. The first-order valence-electron chi connectivity index (χ1n) is 9.28. The molecule has 0 atom stereocenters. The lowest BCUT2D eigenvalue weighted by Crippen LogP contribution is -2.21. The van der Waals surface area contributed by atoms with E-state index in [0.29, 0.717) is 5.75 Å². The van der Waals surface area contributed by atoms with E-state index >= 15 is 0 Å². The molecule has 30 heavy (non-hydrogen) atoms.